The maximum absolute atomic E-state index is 14.2. The monoisotopic (exact) mass is 732 g/mol. The van der Waals surface area contributed by atoms with Crippen LogP contribution in [0.25, 0.3) is 22.3 Å². The number of rotatable bonds is 21. The van der Waals surface area contributed by atoms with Crippen LogP contribution < -0.4 is 29.1 Å². The highest BCUT2D eigenvalue weighted by molar-refractivity contribution is 5.89. The number of hydrogen-bond donors (Lipinski definition) is 0. The van der Waals surface area contributed by atoms with Crippen LogP contribution in [0.3, 0.4) is 0 Å². The van der Waals surface area contributed by atoms with Crippen molar-refractivity contribution < 1.29 is 75.8 Å². The minimum absolute atomic E-state index is 0.00107. The number of carbonyl (C=O) groups excluding carboxylic acids is 5. The number of fused-ring (bicyclic) bond motifs is 1. The van der Waals surface area contributed by atoms with Gasteiger partial charge in [-0.15, -0.1) is 0 Å². The Balaban J connectivity index is 2.15. The van der Waals surface area contributed by atoms with E-state index in [1.807, 2.05) is 0 Å². The molecule has 2 aromatic carbocycles. The van der Waals surface area contributed by atoms with E-state index in [0.717, 1.165) is 0 Å². The fourth-order valence-corrected chi connectivity index (χ4v) is 4.33. The number of esters is 5. The van der Waals surface area contributed by atoms with Gasteiger partial charge in [0.05, 0.1) is 0 Å². The van der Waals surface area contributed by atoms with E-state index in [0.29, 0.717) is 0 Å². The van der Waals surface area contributed by atoms with Crippen molar-refractivity contribution in [2.75, 3.05) is 66.1 Å². The first-order chi connectivity index (χ1) is 24.8. The van der Waals surface area contributed by atoms with Crippen LogP contribution in [0.15, 0.2) is 39.5 Å². The molecule has 3 rings (SSSR count). The molecule has 0 aliphatic heterocycles. The summed E-state index contributed by atoms with van der Waals surface area (Å²) in [4.78, 5) is 70.6. The zero-order chi connectivity index (χ0) is 38.0. The molecule has 0 fully saturated rings. The molecule has 0 N–H and O–H groups in total. The fraction of sp³-hybridized carbons (Fsp3) is 0.429. The first kappa shape index (κ1) is 40.4. The summed E-state index contributed by atoms with van der Waals surface area (Å²) >= 11 is 0. The number of benzene rings is 2. The number of carbonyl (C=O) groups is 5. The Hall–Kier alpha value is -6.00. The zero-order valence-electron chi connectivity index (χ0n) is 29.4. The Morgan fingerprint density at radius 2 is 0.942 bits per heavy atom. The smallest absolute Gasteiger partial charge is 0.302 e. The maximum Gasteiger partial charge on any atom is 0.302 e. The van der Waals surface area contributed by atoms with Gasteiger partial charge in [0, 0.05) is 52.3 Å². The lowest BCUT2D eigenvalue weighted by atomic mass is 10.1. The van der Waals surface area contributed by atoms with Crippen molar-refractivity contribution in [2.45, 2.75) is 34.6 Å². The summed E-state index contributed by atoms with van der Waals surface area (Å²) in [6, 6.07) is 7.42. The first-order valence-electron chi connectivity index (χ1n) is 16.0. The summed E-state index contributed by atoms with van der Waals surface area (Å²) in [5, 5.41) is -0.0512. The lowest BCUT2D eigenvalue weighted by Gasteiger charge is -2.17. The predicted molar refractivity (Wildman–Crippen MR) is 179 cm³/mol. The number of ether oxygens (including phenoxy) is 10. The summed E-state index contributed by atoms with van der Waals surface area (Å²) in [5.41, 5.74) is -0.402. The van der Waals surface area contributed by atoms with Crippen LogP contribution in [0.5, 0.6) is 28.7 Å². The van der Waals surface area contributed by atoms with E-state index in [-0.39, 0.29) is 117 Å². The molecule has 3 aromatic rings. The summed E-state index contributed by atoms with van der Waals surface area (Å²) in [6.45, 7) is 5.23. The van der Waals surface area contributed by atoms with Crippen LogP contribution in [-0.4, -0.2) is 95.9 Å². The Morgan fingerprint density at radius 3 is 1.44 bits per heavy atom. The van der Waals surface area contributed by atoms with Crippen molar-refractivity contribution in [1.29, 1.82) is 0 Å². The van der Waals surface area contributed by atoms with Gasteiger partial charge in [-0.2, -0.15) is 0 Å². The molecule has 0 bridgehead atoms. The molecule has 0 saturated carbocycles. The molecule has 52 heavy (non-hydrogen) atoms. The normalized spacial score (nSPS) is 10.5. The molecule has 0 unspecified atom stereocenters. The second kappa shape index (κ2) is 20.6. The molecule has 0 spiro atoms. The highest BCUT2D eigenvalue weighted by Crippen LogP contribution is 2.39. The van der Waals surface area contributed by atoms with Crippen LogP contribution in [0.1, 0.15) is 34.6 Å². The van der Waals surface area contributed by atoms with E-state index in [9.17, 15) is 28.8 Å². The molecule has 282 valence electrons. The molecular weight excluding hydrogens is 692 g/mol. The molecular formula is C35H40O17. The highest BCUT2D eigenvalue weighted by atomic mass is 16.6. The average molecular weight is 733 g/mol. The third kappa shape index (κ3) is 13.4. The summed E-state index contributed by atoms with van der Waals surface area (Å²) in [6.07, 6.45) is 0. The topological polar surface area (TPSA) is 208 Å². The standard InChI is InChI=1S/C35H40O17/c1-21(36)42-8-13-47-27-19-30(50-16-11-45-24(4)39)32-31(20-27)52-34(35(33(32)41)51-17-12-46-25(5)40)26-6-7-28(48-14-9-43-22(2)37)29(18-26)49-15-10-44-23(3)38/h6-7,18-20H,8-17H2,1-5H3. The molecule has 0 radical (unpaired) electrons. The molecule has 0 aliphatic carbocycles. The van der Waals surface area contributed by atoms with Crippen LogP contribution in [0.2, 0.25) is 0 Å². The molecule has 1 aromatic heterocycles. The minimum Gasteiger partial charge on any atom is -0.490 e. The number of hydrogen-bond acceptors (Lipinski definition) is 17. The third-order valence-electron chi connectivity index (χ3n) is 6.33. The van der Waals surface area contributed by atoms with Gasteiger partial charge in [0.1, 0.15) is 88.5 Å². The Kier molecular flexibility index (Phi) is 16.0. The predicted octanol–water partition coefficient (Wildman–Crippen LogP) is 3.17. The Morgan fingerprint density at radius 1 is 0.500 bits per heavy atom. The van der Waals surface area contributed by atoms with Gasteiger partial charge < -0.3 is 51.8 Å². The Labute approximate surface area is 297 Å². The molecule has 0 aliphatic rings. The van der Waals surface area contributed by atoms with Crippen molar-refractivity contribution in [2.24, 2.45) is 0 Å². The molecule has 17 heteroatoms. The van der Waals surface area contributed by atoms with E-state index in [4.69, 9.17) is 51.8 Å². The van der Waals surface area contributed by atoms with Crippen molar-refractivity contribution in [3.8, 4) is 40.1 Å². The summed E-state index contributed by atoms with van der Waals surface area (Å²) < 4.78 is 60.1. The highest BCUT2D eigenvalue weighted by Gasteiger charge is 2.23. The molecule has 17 nitrogen and oxygen atoms in total. The van der Waals surface area contributed by atoms with Crippen molar-refractivity contribution >= 4 is 40.8 Å². The van der Waals surface area contributed by atoms with Gasteiger partial charge in [0.2, 0.25) is 11.2 Å². The largest absolute Gasteiger partial charge is 0.490 e. The SMILES string of the molecule is CC(=O)OCCOc1cc(OCCOC(C)=O)c2c(=O)c(OCCOC(C)=O)c(-c3ccc(OCCOC(C)=O)c(OCCOC(C)=O)c3)oc2c1. The van der Waals surface area contributed by atoms with E-state index in [1.165, 1.54) is 58.9 Å². The zero-order valence-corrected chi connectivity index (χ0v) is 29.4. The van der Waals surface area contributed by atoms with Crippen molar-refractivity contribution in [1.82, 2.24) is 0 Å². The van der Waals surface area contributed by atoms with Gasteiger partial charge in [-0.3, -0.25) is 28.8 Å². The van der Waals surface area contributed by atoms with Crippen LogP contribution in [0, 0.1) is 0 Å². The summed E-state index contributed by atoms with van der Waals surface area (Å²) in [5.74, 6) is -2.35. The second-order valence-corrected chi connectivity index (χ2v) is 10.5. The van der Waals surface area contributed by atoms with E-state index >= 15 is 0 Å². The first-order valence-corrected chi connectivity index (χ1v) is 16.0. The third-order valence-corrected chi connectivity index (χ3v) is 6.33. The van der Waals surface area contributed by atoms with Crippen molar-refractivity contribution in [3.05, 3.63) is 40.6 Å². The molecule has 0 saturated heterocycles. The lowest BCUT2D eigenvalue weighted by Crippen LogP contribution is -2.17. The Bertz CT molecular complexity index is 1780. The fourth-order valence-electron chi connectivity index (χ4n) is 4.33. The average Bonchev–Trinajstić information content (AvgIpc) is 3.07. The van der Waals surface area contributed by atoms with Gasteiger partial charge in [0.15, 0.2) is 17.3 Å². The van der Waals surface area contributed by atoms with Gasteiger partial charge >= 0.3 is 29.8 Å². The molecule has 0 amide bonds. The van der Waals surface area contributed by atoms with Gasteiger partial charge in [0.25, 0.3) is 0 Å². The minimum atomic E-state index is -0.674. The molecule has 0 atom stereocenters. The second-order valence-electron chi connectivity index (χ2n) is 10.5. The quantitative estimate of drug-likeness (QED) is 0.0875. The van der Waals surface area contributed by atoms with E-state index in [1.54, 1.807) is 6.07 Å². The van der Waals surface area contributed by atoms with Crippen LogP contribution in [0.4, 0.5) is 0 Å². The lowest BCUT2D eigenvalue weighted by molar-refractivity contribution is -0.142. The van der Waals surface area contributed by atoms with Gasteiger partial charge in [-0.25, -0.2) is 0 Å². The van der Waals surface area contributed by atoms with Gasteiger partial charge in [-0.1, -0.05) is 0 Å². The van der Waals surface area contributed by atoms with Gasteiger partial charge in [-0.05, 0) is 18.2 Å². The molecule has 1 heterocycles. The van der Waals surface area contributed by atoms with E-state index < -0.39 is 35.3 Å². The summed E-state index contributed by atoms with van der Waals surface area (Å²) in [7, 11) is 0. The maximum atomic E-state index is 14.2. The van der Waals surface area contributed by atoms with E-state index in [2.05, 4.69) is 0 Å². The van der Waals surface area contributed by atoms with Crippen molar-refractivity contribution in [3.63, 3.8) is 0 Å². The van der Waals surface area contributed by atoms with Crippen LogP contribution >= 0.6 is 0 Å². The van der Waals surface area contributed by atoms with Crippen LogP contribution in [-0.2, 0) is 47.7 Å².